The molecule has 2 rings (SSSR count). The lowest BCUT2D eigenvalue weighted by Crippen LogP contribution is -2.57. The van der Waals surface area contributed by atoms with E-state index >= 15 is 0 Å². The molecular weight excluding hydrogens is 556 g/mol. The Balaban J connectivity index is 2.28. The van der Waals surface area contributed by atoms with Crippen molar-refractivity contribution >= 4 is 64.9 Å². The standard InChI is InChI=1S/C25H38N8O5S2/c1-40-10-8-18(31-21(34)16(26)13-39)22(35)33-20(11-14-12-30-17-6-3-2-5-15(14)17)23(36)32-19(24(37)38)7-4-9-29-25(27)28/h2-3,5-6,12,16,18-20,30,39H,4,7-11,13,26H2,1H3,(H,31,34)(H,32,36)(H,33,35)(H,37,38)(H4,27,28,29). The first-order chi connectivity index (χ1) is 19.1. The molecule has 0 fully saturated rings. The van der Waals surface area contributed by atoms with Crippen molar-refractivity contribution in [2.24, 2.45) is 22.2 Å². The van der Waals surface area contributed by atoms with Crippen LogP contribution in [-0.2, 0) is 25.6 Å². The number of aliphatic carboxylic acids is 1. The van der Waals surface area contributed by atoms with E-state index in [-0.39, 0.29) is 31.1 Å². The number of carboxylic acid groups (broad SMARTS) is 1. The number of hydrogen-bond acceptors (Lipinski definition) is 8. The van der Waals surface area contributed by atoms with Crippen LogP contribution in [0.5, 0.6) is 0 Å². The monoisotopic (exact) mass is 594 g/mol. The van der Waals surface area contributed by atoms with Crippen molar-refractivity contribution in [3.05, 3.63) is 36.0 Å². The van der Waals surface area contributed by atoms with Crippen LogP contribution in [0.3, 0.4) is 0 Å². The number of aliphatic imine (C=N–C) groups is 1. The minimum atomic E-state index is -1.24. The highest BCUT2D eigenvalue weighted by Crippen LogP contribution is 2.19. The fraction of sp³-hybridized carbons (Fsp3) is 0.480. The average Bonchev–Trinajstić information content (AvgIpc) is 3.33. The second-order valence-corrected chi connectivity index (χ2v) is 10.5. The highest BCUT2D eigenvalue weighted by molar-refractivity contribution is 7.98. The number of nitrogens with two attached hydrogens (primary N) is 3. The van der Waals surface area contributed by atoms with Crippen molar-refractivity contribution in [3.63, 3.8) is 0 Å². The molecular formula is C25H38N8O5S2. The van der Waals surface area contributed by atoms with Gasteiger partial charge in [-0.05, 0) is 42.9 Å². The van der Waals surface area contributed by atoms with Crippen LogP contribution >= 0.6 is 24.4 Å². The highest BCUT2D eigenvalue weighted by atomic mass is 32.2. The number of thiol groups is 1. The van der Waals surface area contributed by atoms with Crippen LogP contribution in [0.4, 0.5) is 0 Å². The van der Waals surface area contributed by atoms with Crippen LogP contribution in [0.2, 0.25) is 0 Å². The number of guanidine groups is 1. The molecule has 0 radical (unpaired) electrons. The van der Waals surface area contributed by atoms with Gasteiger partial charge in [-0.25, -0.2) is 4.79 Å². The summed E-state index contributed by atoms with van der Waals surface area (Å²) in [6.45, 7) is 0.197. The zero-order chi connectivity index (χ0) is 29.7. The lowest BCUT2D eigenvalue weighted by atomic mass is 10.0. The van der Waals surface area contributed by atoms with Gasteiger partial charge in [0.25, 0.3) is 0 Å². The maximum absolute atomic E-state index is 13.4. The molecule has 1 aromatic carbocycles. The smallest absolute Gasteiger partial charge is 0.326 e. The minimum Gasteiger partial charge on any atom is -0.480 e. The molecule has 4 atom stereocenters. The molecule has 40 heavy (non-hydrogen) atoms. The Morgan fingerprint density at radius 1 is 1.02 bits per heavy atom. The molecule has 4 unspecified atom stereocenters. The first-order valence-electron chi connectivity index (χ1n) is 12.7. The van der Waals surface area contributed by atoms with E-state index in [2.05, 4.69) is 38.6 Å². The number of para-hydroxylation sites is 1. The first kappa shape index (κ1) is 32.8. The third-order valence-corrected chi connectivity index (χ3v) is 7.11. The molecule has 220 valence electrons. The molecule has 1 aromatic heterocycles. The fourth-order valence-corrected chi connectivity index (χ4v) is 4.54. The topological polar surface area (TPSA) is 231 Å². The second kappa shape index (κ2) is 16.6. The summed E-state index contributed by atoms with van der Waals surface area (Å²) in [4.78, 5) is 58.0. The number of benzene rings is 1. The first-order valence-corrected chi connectivity index (χ1v) is 14.7. The van der Waals surface area contributed by atoms with E-state index < -0.39 is 47.9 Å². The van der Waals surface area contributed by atoms with Gasteiger partial charge in [-0.2, -0.15) is 24.4 Å². The number of amides is 3. The molecule has 0 aliphatic carbocycles. The molecule has 13 nitrogen and oxygen atoms in total. The van der Waals surface area contributed by atoms with E-state index in [0.29, 0.717) is 18.6 Å². The minimum absolute atomic E-state index is 0.0691. The quantitative estimate of drug-likeness (QED) is 0.0488. The van der Waals surface area contributed by atoms with Gasteiger partial charge < -0.3 is 43.2 Å². The lowest BCUT2D eigenvalue weighted by Gasteiger charge is -2.25. The van der Waals surface area contributed by atoms with Gasteiger partial charge in [0.15, 0.2) is 5.96 Å². The maximum Gasteiger partial charge on any atom is 0.326 e. The van der Waals surface area contributed by atoms with Crippen LogP contribution in [0, 0.1) is 0 Å². The zero-order valence-electron chi connectivity index (χ0n) is 22.3. The lowest BCUT2D eigenvalue weighted by molar-refractivity contribution is -0.142. The van der Waals surface area contributed by atoms with Gasteiger partial charge in [0.1, 0.15) is 18.1 Å². The van der Waals surface area contributed by atoms with E-state index in [1.807, 2.05) is 30.5 Å². The molecule has 0 bridgehead atoms. The Morgan fingerprint density at radius 2 is 1.68 bits per heavy atom. The second-order valence-electron chi connectivity index (χ2n) is 9.10. The Labute approximate surface area is 242 Å². The van der Waals surface area contributed by atoms with Gasteiger partial charge >= 0.3 is 5.97 Å². The van der Waals surface area contributed by atoms with Crippen molar-refractivity contribution in [1.82, 2.24) is 20.9 Å². The number of aromatic amines is 1. The normalized spacial score (nSPS) is 14.0. The molecule has 0 aliphatic rings. The number of carbonyl (C=O) groups excluding carboxylic acids is 3. The third-order valence-electron chi connectivity index (χ3n) is 6.07. The van der Waals surface area contributed by atoms with E-state index in [0.717, 1.165) is 16.5 Å². The summed E-state index contributed by atoms with van der Waals surface area (Å²) >= 11 is 5.53. The van der Waals surface area contributed by atoms with Gasteiger partial charge in [0, 0.05) is 35.8 Å². The van der Waals surface area contributed by atoms with Crippen LogP contribution in [0.1, 0.15) is 24.8 Å². The number of nitrogens with one attached hydrogen (secondary N) is 4. The third kappa shape index (κ3) is 10.3. The highest BCUT2D eigenvalue weighted by Gasteiger charge is 2.30. The molecule has 1 heterocycles. The molecule has 2 aromatic rings. The number of carboxylic acids is 1. The largest absolute Gasteiger partial charge is 0.480 e. The van der Waals surface area contributed by atoms with Gasteiger partial charge in [-0.15, -0.1) is 0 Å². The number of nitrogens with zero attached hydrogens (tertiary/aromatic N) is 1. The van der Waals surface area contributed by atoms with Crippen LogP contribution in [0.25, 0.3) is 10.9 Å². The van der Waals surface area contributed by atoms with Crippen LogP contribution in [0.15, 0.2) is 35.5 Å². The predicted molar refractivity (Wildman–Crippen MR) is 160 cm³/mol. The molecule has 11 N–H and O–H groups in total. The van der Waals surface area contributed by atoms with E-state index in [9.17, 15) is 24.3 Å². The average molecular weight is 595 g/mol. The maximum atomic E-state index is 13.4. The Kier molecular flexibility index (Phi) is 13.6. The summed E-state index contributed by atoms with van der Waals surface area (Å²) in [6.07, 6.45) is 4.34. The molecule has 0 spiro atoms. The van der Waals surface area contributed by atoms with Gasteiger partial charge in [-0.1, -0.05) is 18.2 Å². The molecule has 0 saturated carbocycles. The molecule has 3 amide bonds. The number of fused-ring (bicyclic) bond motifs is 1. The van der Waals surface area contributed by atoms with Gasteiger partial charge in [-0.3, -0.25) is 19.4 Å². The molecule has 0 saturated heterocycles. The fourth-order valence-electron chi connectivity index (χ4n) is 3.90. The van der Waals surface area contributed by atoms with Crippen molar-refractivity contribution in [2.45, 2.75) is 49.9 Å². The Hall–Kier alpha value is -3.43. The van der Waals surface area contributed by atoms with Crippen molar-refractivity contribution in [1.29, 1.82) is 0 Å². The number of carbonyl (C=O) groups is 4. The van der Waals surface area contributed by atoms with Gasteiger partial charge in [0.05, 0.1) is 6.04 Å². The predicted octanol–water partition coefficient (Wildman–Crippen LogP) is -0.687. The SMILES string of the molecule is CSCCC(NC(=O)C(N)CS)C(=O)NC(Cc1c[nH]c2ccccc12)C(=O)NC(CCCN=C(N)N)C(=O)O. The Bertz CT molecular complexity index is 1190. The summed E-state index contributed by atoms with van der Waals surface area (Å²) < 4.78 is 0. The summed E-state index contributed by atoms with van der Waals surface area (Å²) in [5.41, 5.74) is 18.0. The number of H-pyrrole nitrogens is 1. The summed E-state index contributed by atoms with van der Waals surface area (Å²) in [5, 5.41) is 18.4. The van der Waals surface area contributed by atoms with Gasteiger partial charge in [0.2, 0.25) is 17.7 Å². The Morgan fingerprint density at radius 3 is 2.33 bits per heavy atom. The number of rotatable bonds is 17. The van der Waals surface area contributed by atoms with Crippen LogP contribution < -0.4 is 33.2 Å². The van der Waals surface area contributed by atoms with Crippen LogP contribution in [-0.4, -0.2) is 88.2 Å². The van der Waals surface area contributed by atoms with E-state index in [1.54, 1.807) is 6.20 Å². The van der Waals surface area contributed by atoms with Crippen molar-refractivity contribution in [3.8, 4) is 0 Å². The summed E-state index contributed by atoms with van der Waals surface area (Å²) in [6, 6.07) is 3.23. The number of aromatic nitrogens is 1. The summed E-state index contributed by atoms with van der Waals surface area (Å²) in [5.74, 6) is -2.51. The summed E-state index contributed by atoms with van der Waals surface area (Å²) in [7, 11) is 0. The molecule has 0 aliphatic heterocycles. The zero-order valence-corrected chi connectivity index (χ0v) is 24.0. The van der Waals surface area contributed by atoms with E-state index in [1.165, 1.54) is 11.8 Å². The van der Waals surface area contributed by atoms with E-state index in [4.69, 9.17) is 17.2 Å². The number of thioether (sulfide) groups is 1. The molecule has 15 heteroatoms. The number of hydrogen-bond donors (Lipinski definition) is 9. The van der Waals surface area contributed by atoms with Crippen molar-refractivity contribution < 1.29 is 24.3 Å². The van der Waals surface area contributed by atoms with Crippen molar-refractivity contribution in [2.75, 3.05) is 24.3 Å².